The van der Waals surface area contributed by atoms with Gasteiger partial charge in [0.05, 0.1) is 32.8 Å². The number of pyridine rings is 1. The van der Waals surface area contributed by atoms with Gasteiger partial charge in [-0.3, -0.25) is 9.78 Å². The van der Waals surface area contributed by atoms with Crippen molar-refractivity contribution in [1.29, 1.82) is 0 Å². The Hall–Kier alpha value is -2.32. The Bertz CT molecular complexity index is 983. The molecule has 6 nitrogen and oxygen atoms in total. The van der Waals surface area contributed by atoms with Crippen LogP contribution in [0.25, 0.3) is 10.2 Å². The standard InChI is InChI=1S/C18H17ClFN5OS/c1-10(12-4-2-3-6-21-12)22-18-23-13-8-14(19)27-16(13)15(24-18)17(26)25-7-5-11(20)9-25/h2-4,6,8,10-11H,5,7,9H2,1H3,(H,22,23,24)/t10-,11?/m0/s1. The number of thiophene rings is 1. The molecule has 1 N–H and O–H groups in total. The number of carbonyl (C=O) groups is 1. The van der Waals surface area contributed by atoms with E-state index in [0.717, 1.165) is 5.69 Å². The highest BCUT2D eigenvalue weighted by atomic mass is 35.5. The molecule has 0 bridgehead atoms. The Balaban J connectivity index is 1.69. The lowest BCUT2D eigenvalue weighted by Gasteiger charge is -2.17. The number of alkyl halides is 1. The molecule has 3 aromatic heterocycles. The van der Waals surface area contributed by atoms with Gasteiger partial charge in [0.15, 0.2) is 5.69 Å². The largest absolute Gasteiger partial charge is 0.346 e. The van der Waals surface area contributed by atoms with Crippen LogP contribution < -0.4 is 5.32 Å². The van der Waals surface area contributed by atoms with Crippen molar-refractivity contribution in [2.75, 3.05) is 18.4 Å². The van der Waals surface area contributed by atoms with Gasteiger partial charge in [0, 0.05) is 12.7 Å². The van der Waals surface area contributed by atoms with Gasteiger partial charge in [-0.15, -0.1) is 11.3 Å². The molecule has 4 rings (SSSR count). The Kier molecular flexibility index (Phi) is 4.92. The van der Waals surface area contributed by atoms with E-state index in [0.29, 0.717) is 33.5 Å². The molecule has 1 amide bonds. The minimum absolute atomic E-state index is 0.0938. The lowest BCUT2D eigenvalue weighted by Crippen LogP contribution is -2.30. The van der Waals surface area contributed by atoms with Crippen molar-refractivity contribution in [3.63, 3.8) is 0 Å². The first kappa shape index (κ1) is 18.1. The first-order valence-electron chi connectivity index (χ1n) is 8.59. The third kappa shape index (κ3) is 3.72. The molecule has 1 aliphatic rings. The predicted molar refractivity (Wildman–Crippen MR) is 104 cm³/mol. The van der Waals surface area contributed by atoms with E-state index in [4.69, 9.17) is 11.6 Å². The first-order chi connectivity index (χ1) is 13.0. The van der Waals surface area contributed by atoms with E-state index >= 15 is 0 Å². The van der Waals surface area contributed by atoms with Crippen molar-refractivity contribution in [2.24, 2.45) is 0 Å². The minimum atomic E-state index is -0.986. The summed E-state index contributed by atoms with van der Waals surface area (Å²) in [6.07, 6.45) is 1.08. The number of anilines is 1. The number of aromatic nitrogens is 3. The van der Waals surface area contributed by atoms with Crippen molar-refractivity contribution in [1.82, 2.24) is 19.9 Å². The topological polar surface area (TPSA) is 71.0 Å². The van der Waals surface area contributed by atoms with E-state index in [9.17, 15) is 9.18 Å². The molecule has 3 aromatic rings. The summed E-state index contributed by atoms with van der Waals surface area (Å²) in [5, 5.41) is 3.19. The zero-order valence-electron chi connectivity index (χ0n) is 14.5. The van der Waals surface area contributed by atoms with Gasteiger partial charge in [-0.05, 0) is 31.5 Å². The highest BCUT2D eigenvalue weighted by molar-refractivity contribution is 7.23. The van der Waals surface area contributed by atoms with Gasteiger partial charge >= 0.3 is 0 Å². The van der Waals surface area contributed by atoms with Crippen LogP contribution >= 0.6 is 22.9 Å². The van der Waals surface area contributed by atoms with Crippen molar-refractivity contribution >= 4 is 45.0 Å². The Morgan fingerprint density at radius 3 is 3.00 bits per heavy atom. The smallest absolute Gasteiger partial charge is 0.274 e. The van der Waals surface area contributed by atoms with Crippen molar-refractivity contribution in [3.8, 4) is 0 Å². The molecule has 0 spiro atoms. The van der Waals surface area contributed by atoms with Gasteiger partial charge < -0.3 is 10.2 Å². The lowest BCUT2D eigenvalue weighted by atomic mass is 10.2. The summed E-state index contributed by atoms with van der Waals surface area (Å²) in [4.78, 5) is 27.6. The second-order valence-electron chi connectivity index (χ2n) is 6.42. The predicted octanol–water partition coefficient (Wildman–Crippen LogP) is 4.10. The number of hydrogen-bond acceptors (Lipinski definition) is 6. The maximum absolute atomic E-state index is 13.5. The quantitative estimate of drug-likeness (QED) is 0.707. The van der Waals surface area contributed by atoms with Gasteiger partial charge in [-0.1, -0.05) is 17.7 Å². The second-order valence-corrected chi connectivity index (χ2v) is 8.10. The third-order valence-electron chi connectivity index (χ3n) is 4.44. The van der Waals surface area contributed by atoms with Crippen LogP contribution in [-0.2, 0) is 0 Å². The highest BCUT2D eigenvalue weighted by Crippen LogP contribution is 2.32. The number of hydrogen-bond donors (Lipinski definition) is 1. The summed E-state index contributed by atoms with van der Waals surface area (Å²) in [7, 11) is 0. The fourth-order valence-corrected chi connectivity index (χ4v) is 4.20. The zero-order valence-corrected chi connectivity index (χ0v) is 16.1. The zero-order chi connectivity index (χ0) is 19.0. The SMILES string of the molecule is C[C@H](Nc1nc(C(=O)N2CCC(F)C2)c2sc(Cl)cc2n1)c1ccccn1. The van der Waals surface area contributed by atoms with Gasteiger partial charge in [0.25, 0.3) is 5.91 Å². The molecule has 27 heavy (non-hydrogen) atoms. The normalized spacial score (nSPS) is 18.0. The summed E-state index contributed by atoms with van der Waals surface area (Å²) < 4.78 is 14.7. The number of amides is 1. The molecule has 1 fully saturated rings. The van der Waals surface area contributed by atoms with E-state index in [1.54, 1.807) is 12.3 Å². The number of carbonyl (C=O) groups excluding carboxylic acids is 1. The molecule has 140 valence electrons. The van der Waals surface area contributed by atoms with Crippen molar-refractivity contribution < 1.29 is 9.18 Å². The van der Waals surface area contributed by atoms with Crippen LogP contribution in [-0.4, -0.2) is 45.0 Å². The fourth-order valence-electron chi connectivity index (χ4n) is 3.06. The molecule has 1 unspecified atom stereocenters. The summed E-state index contributed by atoms with van der Waals surface area (Å²) in [5.74, 6) is 0.0177. The molecular weight excluding hydrogens is 389 g/mol. The highest BCUT2D eigenvalue weighted by Gasteiger charge is 2.29. The van der Waals surface area contributed by atoms with Gasteiger partial charge in [-0.25, -0.2) is 14.4 Å². The van der Waals surface area contributed by atoms with Crippen LogP contribution in [0.4, 0.5) is 10.3 Å². The number of nitrogens with zero attached hydrogens (tertiary/aromatic N) is 4. The Labute approximate surface area is 164 Å². The molecule has 0 saturated carbocycles. The van der Waals surface area contributed by atoms with E-state index in [2.05, 4.69) is 20.3 Å². The molecular formula is C18H17ClFN5OS. The summed E-state index contributed by atoms with van der Waals surface area (Å²) in [6.45, 7) is 2.42. The summed E-state index contributed by atoms with van der Waals surface area (Å²) in [6, 6.07) is 7.20. The molecule has 0 radical (unpaired) electrons. The van der Waals surface area contributed by atoms with Crippen molar-refractivity contribution in [2.45, 2.75) is 25.6 Å². The van der Waals surface area contributed by atoms with Gasteiger partial charge in [-0.2, -0.15) is 0 Å². The Morgan fingerprint density at radius 2 is 2.30 bits per heavy atom. The molecule has 0 aliphatic carbocycles. The molecule has 2 atom stereocenters. The van der Waals surface area contributed by atoms with Crippen LogP contribution in [0.1, 0.15) is 35.6 Å². The lowest BCUT2D eigenvalue weighted by molar-refractivity contribution is 0.0779. The summed E-state index contributed by atoms with van der Waals surface area (Å²) in [5.41, 5.74) is 1.68. The molecule has 4 heterocycles. The Morgan fingerprint density at radius 1 is 1.44 bits per heavy atom. The van der Waals surface area contributed by atoms with Crippen LogP contribution in [0.5, 0.6) is 0 Å². The van der Waals surface area contributed by atoms with Gasteiger partial charge in [0.1, 0.15) is 6.17 Å². The maximum atomic E-state index is 13.5. The molecule has 1 saturated heterocycles. The average Bonchev–Trinajstić information content (AvgIpc) is 3.26. The van der Waals surface area contributed by atoms with Crippen LogP contribution in [0.3, 0.4) is 0 Å². The summed E-state index contributed by atoms with van der Waals surface area (Å²) >= 11 is 7.38. The maximum Gasteiger partial charge on any atom is 0.274 e. The third-order valence-corrected chi connectivity index (χ3v) is 5.70. The van der Waals surface area contributed by atoms with Crippen molar-refractivity contribution in [3.05, 3.63) is 46.2 Å². The van der Waals surface area contributed by atoms with E-state index in [1.807, 2.05) is 25.1 Å². The molecule has 9 heteroatoms. The van der Waals surface area contributed by atoms with E-state index in [-0.39, 0.29) is 24.2 Å². The van der Waals surface area contributed by atoms with Crippen LogP contribution in [0, 0.1) is 0 Å². The number of likely N-dealkylation sites (tertiary alicyclic amines) is 1. The van der Waals surface area contributed by atoms with E-state index in [1.165, 1.54) is 16.2 Å². The number of nitrogens with one attached hydrogen (secondary N) is 1. The minimum Gasteiger partial charge on any atom is -0.346 e. The van der Waals surface area contributed by atoms with E-state index < -0.39 is 6.17 Å². The number of fused-ring (bicyclic) bond motifs is 1. The molecule has 1 aliphatic heterocycles. The second kappa shape index (κ2) is 7.36. The van der Waals surface area contributed by atoms with Crippen LogP contribution in [0.2, 0.25) is 4.34 Å². The molecule has 0 aromatic carbocycles. The van der Waals surface area contributed by atoms with Crippen LogP contribution in [0.15, 0.2) is 30.5 Å². The first-order valence-corrected chi connectivity index (χ1v) is 9.78. The number of halogens is 2. The average molecular weight is 406 g/mol. The number of rotatable bonds is 4. The van der Waals surface area contributed by atoms with Gasteiger partial charge in [0.2, 0.25) is 5.95 Å². The fraction of sp³-hybridized carbons (Fsp3) is 0.333. The monoisotopic (exact) mass is 405 g/mol.